The number of halogens is 2. The molecule has 0 saturated heterocycles. The maximum absolute atomic E-state index is 15.0. The summed E-state index contributed by atoms with van der Waals surface area (Å²) >= 11 is 0. The molecule has 1 fully saturated rings. The van der Waals surface area contributed by atoms with Gasteiger partial charge in [0.1, 0.15) is 41.5 Å². The minimum absolute atomic E-state index is 0.0372. The number of aromatic nitrogens is 3. The predicted octanol–water partition coefficient (Wildman–Crippen LogP) is 3.20. The Kier molecular flexibility index (Phi) is 7.32. The number of aliphatic hydroxyl groups excluding tert-OH is 2. The molecule has 1 aliphatic rings. The molecular weight excluding hydrogens is 528 g/mol. The van der Waals surface area contributed by atoms with Crippen LogP contribution in [0.2, 0.25) is 0 Å². The minimum atomic E-state index is -1.30. The number of hydrogen-bond acceptors (Lipinski definition) is 8. The molecule has 0 radical (unpaired) electrons. The van der Waals surface area contributed by atoms with Crippen LogP contribution in [0.5, 0.6) is 17.4 Å². The fourth-order valence-electron chi connectivity index (χ4n) is 4.05. The van der Waals surface area contributed by atoms with E-state index in [2.05, 4.69) is 20.7 Å². The zero-order valence-corrected chi connectivity index (χ0v) is 21.2. The average Bonchev–Trinajstić information content (AvgIpc) is 3.69. The summed E-state index contributed by atoms with van der Waals surface area (Å²) in [5.74, 6) is -2.12. The summed E-state index contributed by atoms with van der Waals surface area (Å²) in [5, 5.41) is 27.8. The van der Waals surface area contributed by atoms with Crippen LogP contribution in [-0.4, -0.2) is 55.9 Å². The number of fused-ring (bicyclic) bond motifs is 1. The van der Waals surface area contributed by atoms with Gasteiger partial charge in [0, 0.05) is 23.0 Å². The third kappa shape index (κ3) is 5.42. The largest absolute Gasteiger partial charge is 0.489 e. The van der Waals surface area contributed by atoms with Crippen molar-refractivity contribution >= 4 is 28.7 Å². The van der Waals surface area contributed by atoms with E-state index in [9.17, 15) is 19.1 Å². The van der Waals surface area contributed by atoms with Gasteiger partial charge in [0.25, 0.3) is 0 Å². The van der Waals surface area contributed by atoms with E-state index >= 15 is 4.39 Å². The minimum Gasteiger partial charge on any atom is -0.489 e. The topological polar surface area (TPSA) is 147 Å². The number of nitrogens with one attached hydrogen (secondary N) is 2. The first-order valence-corrected chi connectivity index (χ1v) is 12.3. The molecule has 1 aliphatic carbocycles. The van der Waals surface area contributed by atoms with Crippen molar-refractivity contribution in [2.75, 3.05) is 23.8 Å². The highest BCUT2D eigenvalue weighted by molar-refractivity contribution is 6.16. The van der Waals surface area contributed by atoms with E-state index < -0.39 is 41.6 Å². The van der Waals surface area contributed by atoms with Crippen molar-refractivity contribution in [3.05, 3.63) is 72.2 Å². The van der Waals surface area contributed by atoms with Gasteiger partial charge in [0.2, 0.25) is 17.7 Å². The first-order valence-electron chi connectivity index (χ1n) is 12.3. The van der Waals surface area contributed by atoms with Crippen LogP contribution in [0.25, 0.3) is 5.52 Å². The van der Waals surface area contributed by atoms with Crippen molar-refractivity contribution in [1.82, 2.24) is 14.6 Å². The molecule has 1 atom stereocenters. The lowest BCUT2D eigenvalue weighted by Gasteiger charge is -2.16. The Hall–Kier alpha value is -4.62. The van der Waals surface area contributed by atoms with Gasteiger partial charge < -0.3 is 30.3 Å². The fourth-order valence-corrected chi connectivity index (χ4v) is 4.05. The molecule has 0 bridgehead atoms. The Morgan fingerprint density at radius 1 is 1.07 bits per heavy atom. The molecule has 208 valence electrons. The second kappa shape index (κ2) is 10.9. The van der Waals surface area contributed by atoms with Crippen LogP contribution in [0.15, 0.2) is 55.0 Å². The molecular formula is C27H25F2N5O6. The van der Waals surface area contributed by atoms with Crippen LogP contribution < -0.4 is 20.1 Å². The first-order chi connectivity index (χ1) is 19.2. The van der Waals surface area contributed by atoms with Gasteiger partial charge in [-0.2, -0.15) is 10.1 Å². The van der Waals surface area contributed by atoms with Crippen molar-refractivity contribution in [3.63, 3.8) is 0 Å². The monoisotopic (exact) mass is 553 g/mol. The van der Waals surface area contributed by atoms with Crippen LogP contribution >= 0.6 is 0 Å². The highest BCUT2D eigenvalue weighted by Crippen LogP contribution is 2.47. The lowest BCUT2D eigenvalue weighted by Crippen LogP contribution is -2.35. The van der Waals surface area contributed by atoms with Gasteiger partial charge in [-0.3, -0.25) is 9.59 Å². The number of carbonyl (C=O) groups is 2. The molecule has 5 rings (SSSR count). The van der Waals surface area contributed by atoms with Gasteiger partial charge >= 0.3 is 0 Å². The molecule has 4 N–H and O–H groups in total. The molecule has 2 amide bonds. The summed E-state index contributed by atoms with van der Waals surface area (Å²) in [4.78, 5) is 29.8. The smallest absolute Gasteiger partial charge is 0.247 e. The van der Waals surface area contributed by atoms with Gasteiger partial charge in [-0.05, 0) is 56.2 Å². The van der Waals surface area contributed by atoms with Gasteiger partial charge in [-0.25, -0.2) is 13.3 Å². The number of benzene rings is 2. The molecule has 40 heavy (non-hydrogen) atoms. The number of aliphatic hydroxyl groups is 2. The van der Waals surface area contributed by atoms with Gasteiger partial charge in [0.05, 0.1) is 12.8 Å². The second-order valence-corrected chi connectivity index (χ2v) is 9.37. The predicted molar refractivity (Wildman–Crippen MR) is 138 cm³/mol. The van der Waals surface area contributed by atoms with Crippen molar-refractivity contribution in [2.45, 2.75) is 25.9 Å². The normalized spacial score (nSPS) is 14.4. The Morgan fingerprint density at radius 2 is 1.75 bits per heavy atom. The van der Waals surface area contributed by atoms with E-state index in [0.717, 1.165) is 6.07 Å². The maximum Gasteiger partial charge on any atom is 0.247 e. The van der Waals surface area contributed by atoms with Gasteiger partial charge in [-0.1, -0.05) is 0 Å². The number of hydrogen-bond donors (Lipinski definition) is 4. The number of carbonyl (C=O) groups excluding carboxylic acids is 2. The summed E-state index contributed by atoms with van der Waals surface area (Å²) in [6.45, 7) is 1.11. The van der Waals surface area contributed by atoms with E-state index in [4.69, 9.17) is 14.6 Å². The van der Waals surface area contributed by atoms with Crippen LogP contribution in [0.4, 0.5) is 20.2 Å². The second-order valence-electron chi connectivity index (χ2n) is 9.37. The highest BCUT2D eigenvalue weighted by atomic mass is 19.1. The zero-order valence-electron chi connectivity index (χ0n) is 21.2. The van der Waals surface area contributed by atoms with Gasteiger partial charge in [-0.15, -0.1) is 0 Å². The molecule has 0 aliphatic heterocycles. The lowest BCUT2D eigenvalue weighted by atomic mass is 10.0. The zero-order chi connectivity index (χ0) is 28.4. The van der Waals surface area contributed by atoms with Gasteiger partial charge in [0.15, 0.2) is 11.6 Å². The van der Waals surface area contributed by atoms with E-state index in [1.54, 1.807) is 6.92 Å². The molecule has 1 unspecified atom stereocenters. The number of aryl methyl sites for hydroxylation is 1. The number of nitrogens with zero attached hydrogens (tertiary/aromatic N) is 3. The Morgan fingerprint density at radius 3 is 2.40 bits per heavy atom. The summed E-state index contributed by atoms with van der Waals surface area (Å²) in [7, 11) is 0. The Bertz CT molecular complexity index is 1570. The number of amides is 2. The molecule has 11 nitrogen and oxygen atoms in total. The highest BCUT2D eigenvalue weighted by Gasteiger charge is 2.56. The Labute approximate surface area is 226 Å². The van der Waals surface area contributed by atoms with E-state index in [1.165, 1.54) is 53.4 Å². The Balaban J connectivity index is 1.28. The molecule has 4 aromatic rings. The molecule has 2 aromatic heterocycles. The molecule has 2 aromatic carbocycles. The number of rotatable bonds is 10. The third-order valence-corrected chi connectivity index (χ3v) is 6.51. The lowest BCUT2D eigenvalue weighted by molar-refractivity contribution is -0.131. The SMILES string of the molecule is Cc1c(OCC(O)CO)cn2ncnc(Oc3ccc(NC(=O)C4(C(=O)Nc5ccc(F)cc5)CC4)cc3F)c12. The summed E-state index contributed by atoms with van der Waals surface area (Å²) in [6, 6.07) is 8.99. The van der Waals surface area contributed by atoms with Crippen molar-refractivity contribution in [2.24, 2.45) is 5.41 Å². The summed E-state index contributed by atoms with van der Waals surface area (Å²) in [5.41, 5.74) is 0.151. The standard InChI is InChI=1S/C27H25F2N5O6/c1-15-22(39-13-19(36)12-35)11-34-23(15)24(30-14-31-34)40-21-7-6-18(10-20(21)29)33-26(38)27(8-9-27)25(37)32-17-4-2-16(28)3-5-17/h2-7,10-11,14,19,35-36H,8-9,12-13H2,1H3,(H,32,37)(H,33,38). The molecule has 13 heteroatoms. The number of ether oxygens (including phenoxy) is 2. The maximum atomic E-state index is 15.0. The summed E-state index contributed by atoms with van der Waals surface area (Å²) in [6.07, 6.45) is 2.34. The molecule has 2 heterocycles. The summed E-state index contributed by atoms with van der Waals surface area (Å²) < 4.78 is 40.8. The molecule has 0 spiro atoms. The van der Waals surface area contributed by atoms with Crippen molar-refractivity contribution in [3.8, 4) is 17.4 Å². The van der Waals surface area contributed by atoms with Crippen molar-refractivity contribution in [1.29, 1.82) is 0 Å². The van der Waals surface area contributed by atoms with Crippen molar-refractivity contribution < 1.29 is 38.1 Å². The third-order valence-electron chi connectivity index (χ3n) is 6.51. The van der Waals surface area contributed by atoms with Crippen LogP contribution in [0, 0.1) is 24.0 Å². The van der Waals surface area contributed by atoms with E-state index in [-0.39, 0.29) is 23.9 Å². The quantitative estimate of drug-likeness (QED) is 0.219. The van der Waals surface area contributed by atoms with E-state index in [1.807, 2.05) is 0 Å². The first kappa shape index (κ1) is 27.0. The van der Waals surface area contributed by atoms with Crippen LogP contribution in [-0.2, 0) is 9.59 Å². The number of anilines is 2. The molecule has 1 saturated carbocycles. The van der Waals surface area contributed by atoms with E-state index in [0.29, 0.717) is 35.4 Å². The van der Waals surface area contributed by atoms with Crippen LogP contribution in [0.3, 0.4) is 0 Å². The average molecular weight is 554 g/mol. The fraction of sp³-hybridized carbons (Fsp3) is 0.259. The van der Waals surface area contributed by atoms with Crippen LogP contribution in [0.1, 0.15) is 18.4 Å².